The van der Waals surface area contributed by atoms with Crippen LogP contribution < -0.4 is 4.74 Å². The average Bonchev–Trinajstić information content (AvgIpc) is 2.69. The van der Waals surface area contributed by atoms with Gasteiger partial charge >= 0.3 is 0 Å². The zero-order chi connectivity index (χ0) is 18.1. The summed E-state index contributed by atoms with van der Waals surface area (Å²) in [6.45, 7) is 1.27. The van der Waals surface area contributed by atoms with Gasteiger partial charge in [0.25, 0.3) is 0 Å². The van der Waals surface area contributed by atoms with E-state index in [2.05, 4.69) is 6.07 Å². The van der Waals surface area contributed by atoms with Crippen LogP contribution in [0, 0.1) is 0 Å². The minimum Gasteiger partial charge on any atom is -0.497 e. The average molecular weight is 350 g/mol. The van der Waals surface area contributed by atoms with Crippen molar-refractivity contribution in [1.82, 2.24) is 9.80 Å². The molecule has 2 amide bonds. The van der Waals surface area contributed by atoms with Gasteiger partial charge in [0.05, 0.1) is 13.7 Å². The number of methoxy groups -OCH3 is 1. The molecular formula is C21H22N2O3. The van der Waals surface area contributed by atoms with Crippen LogP contribution in [0.15, 0.2) is 48.5 Å². The second kappa shape index (κ2) is 6.83. The molecule has 5 nitrogen and oxygen atoms in total. The lowest BCUT2D eigenvalue weighted by Crippen LogP contribution is -2.61. The smallest absolute Gasteiger partial charge is 0.246 e. The van der Waals surface area contributed by atoms with Crippen molar-refractivity contribution in [1.29, 1.82) is 0 Å². The van der Waals surface area contributed by atoms with E-state index in [-0.39, 0.29) is 24.4 Å². The zero-order valence-corrected chi connectivity index (χ0v) is 14.9. The lowest BCUT2D eigenvalue weighted by molar-refractivity contribution is -0.157. The minimum absolute atomic E-state index is 0.0406. The highest BCUT2D eigenvalue weighted by molar-refractivity contribution is 5.95. The first-order valence-electron chi connectivity index (χ1n) is 8.93. The van der Waals surface area contributed by atoms with E-state index >= 15 is 0 Å². The molecule has 1 atom stereocenters. The van der Waals surface area contributed by atoms with Gasteiger partial charge in [0.2, 0.25) is 11.8 Å². The number of carbonyl (C=O) groups excluding carboxylic acids is 2. The molecule has 2 aliphatic heterocycles. The predicted octanol–water partition coefficient (Wildman–Crippen LogP) is 2.03. The highest BCUT2D eigenvalue weighted by Gasteiger charge is 2.41. The SMILES string of the molecule is COc1ccc(CCN2CC(=O)N3Cc4ccccc4C[C@@H]3C2=O)cc1. The highest BCUT2D eigenvalue weighted by Crippen LogP contribution is 2.27. The lowest BCUT2D eigenvalue weighted by Gasteiger charge is -2.43. The molecule has 2 heterocycles. The van der Waals surface area contributed by atoms with Gasteiger partial charge in [-0.3, -0.25) is 9.59 Å². The summed E-state index contributed by atoms with van der Waals surface area (Å²) < 4.78 is 5.17. The maximum absolute atomic E-state index is 12.9. The van der Waals surface area contributed by atoms with E-state index in [1.165, 1.54) is 5.56 Å². The van der Waals surface area contributed by atoms with Crippen LogP contribution in [0.4, 0.5) is 0 Å². The van der Waals surface area contributed by atoms with Crippen molar-refractivity contribution in [2.24, 2.45) is 0 Å². The van der Waals surface area contributed by atoms with Gasteiger partial charge < -0.3 is 14.5 Å². The summed E-state index contributed by atoms with van der Waals surface area (Å²) in [5, 5.41) is 0. The molecular weight excluding hydrogens is 328 g/mol. The Hall–Kier alpha value is -2.82. The first-order chi connectivity index (χ1) is 12.7. The van der Waals surface area contributed by atoms with Crippen molar-refractivity contribution in [3.63, 3.8) is 0 Å². The molecule has 1 saturated heterocycles. The number of carbonyl (C=O) groups is 2. The summed E-state index contributed by atoms with van der Waals surface area (Å²) in [7, 11) is 1.64. The Balaban J connectivity index is 1.46. The van der Waals surface area contributed by atoms with Crippen LogP contribution in [0.3, 0.4) is 0 Å². The van der Waals surface area contributed by atoms with E-state index in [1.54, 1.807) is 16.9 Å². The molecule has 0 radical (unpaired) electrons. The highest BCUT2D eigenvalue weighted by atomic mass is 16.5. The van der Waals surface area contributed by atoms with Crippen molar-refractivity contribution in [3.8, 4) is 5.75 Å². The molecule has 26 heavy (non-hydrogen) atoms. The van der Waals surface area contributed by atoms with Crippen LogP contribution in [0.5, 0.6) is 5.75 Å². The third kappa shape index (κ3) is 3.05. The van der Waals surface area contributed by atoms with Gasteiger partial charge in [-0.05, 0) is 35.2 Å². The van der Waals surface area contributed by atoms with Gasteiger partial charge in [0.15, 0.2) is 0 Å². The lowest BCUT2D eigenvalue weighted by atomic mass is 9.91. The van der Waals surface area contributed by atoms with Gasteiger partial charge in [-0.15, -0.1) is 0 Å². The summed E-state index contributed by atoms with van der Waals surface area (Å²) in [6.07, 6.45) is 1.34. The molecule has 0 saturated carbocycles. The molecule has 0 N–H and O–H groups in total. The Morgan fingerprint density at radius 1 is 1.00 bits per heavy atom. The van der Waals surface area contributed by atoms with Crippen LogP contribution in [0.2, 0.25) is 0 Å². The van der Waals surface area contributed by atoms with Gasteiger partial charge in [-0.2, -0.15) is 0 Å². The third-order valence-electron chi connectivity index (χ3n) is 5.32. The van der Waals surface area contributed by atoms with Gasteiger partial charge in [0.1, 0.15) is 11.8 Å². The Labute approximate surface area is 153 Å². The summed E-state index contributed by atoms with van der Waals surface area (Å²) in [6, 6.07) is 15.5. The molecule has 0 aromatic heterocycles. The van der Waals surface area contributed by atoms with E-state index < -0.39 is 0 Å². The fraction of sp³-hybridized carbons (Fsp3) is 0.333. The number of benzene rings is 2. The quantitative estimate of drug-likeness (QED) is 0.848. The van der Waals surface area contributed by atoms with Crippen LogP contribution in [0.25, 0.3) is 0 Å². The van der Waals surface area contributed by atoms with Crippen molar-refractivity contribution >= 4 is 11.8 Å². The zero-order valence-electron chi connectivity index (χ0n) is 14.9. The van der Waals surface area contributed by atoms with Crippen LogP contribution >= 0.6 is 0 Å². The molecule has 2 aromatic carbocycles. The molecule has 2 aromatic rings. The molecule has 1 fully saturated rings. The van der Waals surface area contributed by atoms with Gasteiger partial charge in [0, 0.05) is 19.5 Å². The Kier molecular flexibility index (Phi) is 4.37. The molecule has 0 bridgehead atoms. The van der Waals surface area contributed by atoms with E-state index in [1.807, 2.05) is 42.5 Å². The standard InChI is InChI=1S/C21H22N2O3/c1-26-18-8-6-15(7-9-18)10-11-22-14-20(24)23-13-17-5-3-2-4-16(17)12-19(23)21(22)25/h2-9,19H,10-14H2,1H3/t19-/m1/s1. The molecule has 5 heteroatoms. The maximum Gasteiger partial charge on any atom is 0.246 e. The predicted molar refractivity (Wildman–Crippen MR) is 97.8 cm³/mol. The Bertz CT molecular complexity index is 831. The fourth-order valence-electron chi connectivity index (χ4n) is 3.79. The summed E-state index contributed by atoms with van der Waals surface area (Å²) >= 11 is 0. The third-order valence-corrected chi connectivity index (χ3v) is 5.32. The second-order valence-electron chi connectivity index (χ2n) is 6.87. The van der Waals surface area contributed by atoms with Crippen LogP contribution in [0.1, 0.15) is 16.7 Å². The first-order valence-corrected chi connectivity index (χ1v) is 8.93. The number of fused-ring (bicyclic) bond motifs is 2. The number of hydrogen-bond acceptors (Lipinski definition) is 3. The Morgan fingerprint density at radius 3 is 2.46 bits per heavy atom. The maximum atomic E-state index is 12.9. The van der Waals surface area contributed by atoms with Gasteiger partial charge in [-0.25, -0.2) is 0 Å². The molecule has 134 valence electrons. The van der Waals surface area contributed by atoms with Crippen LogP contribution in [-0.2, 0) is 29.0 Å². The molecule has 2 aliphatic rings. The topological polar surface area (TPSA) is 49.9 Å². The minimum atomic E-state index is -0.359. The van der Waals surface area contributed by atoms with Crippen molar-refractivity contribution in [2.75, 3.05) is 20.2 Å². The second-order valence-corrected chi connectivity index (χ2v) is 6.87. The molecule has 0 aliphatic carbocycles. The van der Waals surface area contributed by atoms with Crippen molar-refractivity contribution in [2.45, 2.75) is 25.4 Å². The van der Waals surface area contributed by atoms with Crippen molar-refractivity contribution in [3.05, 3.63) is 65.2 Å². The number of nitrogens with zero attached hydrogens (tertiary/aromatic N) is 2. The monoisotopic (exact) mass is 350 g/mol. The summed E-state index contributed by atoms with van der Waals surface area (Å²) in [5.41, 5.74) is 3.45. The molecule has 0 unspecified atom stereocenters. The van der Waals surface area contributed by atoms with E-state index in [9.17, 15) is 9.59 Å². The summed E-state index contributed by atoms with van der Waals surface area (Å²) in [5.74, 6) is 0.918. The van der Waals surface area contributed by atoms with Crippen LogP contribution in [-0.4, -0.2) is 47.9 Å². The van der Waals surface area contributed by atoms with E-state index in [4.69, 9.17) is 4.74 Å². The Morgan fingerprint density at radius 2 is 1.73 bits per heavy atom. The fourth-order valence-corrected chi connectivity index (χ4v) is 3.79. The number of ether oxygens (including phenoxy) is 1. The van der Waals surface area contributed by atoms with E-state index in [0.29, 0.717) is 19.5 Å². The largest absolute Gasteiger partial charge is 0.497 e. The van der Waals surface area contributed by atoms with E-state index in [0.717, 1.165) is 23.3 Å². The molecule has 4 rings (SSSR count). The molecule has 0 spiro atoms. The number of amides is 2. The van der Waals surface area contributed by atoms with Gasteiger partial charge in [-0.1, -0.05) is 36.4 Å². The number of rotatable bonds is 4. The normalized spacial score (nSPS) is 19.2. The first kappa shape index (κ1) is 16.6. The number of piperazine rings is 1. The summed E-state index contributed by atoms with van der Waals surface area (Å²) in [4.78, 5) is 29.0. The number of hydrogen-bond donors (Lipinski definition) is 0. The van der Waals surface area contributed by atoms with Crippen molar-refractivity contribution < 1.29 is 14.3 Å².